The summed E-state index contributed by atoms with van der Waals surface area (Å²) in [6.45, 7) is 9.47. The van der Waals surface area contributed by atoms with Crippen molar-refractivity contribution in [2.45, 2.75) is 52.7 Å². The van der Waals surface area contributed by atoms with Gasteiger partial charge in [0.05, 0.1) is 19.4 Å². The summed E-state index contributed by atoms with van der Waals surface area (Å²) < 4.78 is 28.9. The van der Waals surface area contributed by atoms with E-state index in [-0.39, 0.29) is 19.4 Å². The number of hydrogen-bond donors (Lipinski definition) is 1. The van der Waals surface area contributed by atoms with Crippen molar-refractivity contribution in [1.29, 1.82) is 0 Å². The molecule has 0 spiro atoms. The van der Waals surface area contributed by atoms with Crippen molar-refractivity contribution in [2.75, 3.05) is 19.4 Å². The van der Waals surface area contributed by atoms with Gasteiger partial charge in [0.1, 0.15) is 5.60 Å². The Bertz CT molecular complexity index is 561. The molecule has 0 aliphatic heterocycles. The molecular formula is C18H30NO5P. The van der Waals surface area contributed by atoms with E-state index in [1.165, 1.54) is 0 Å². The van der Waals surface area contributed by atoms with E-state index in [1.807, 2.05) is 30.3 Å². The monoisotopic (exact) mass is 371 g/mol. The molecule has 0 aliphatic rings. The highest BCUT2D eigenvalue weighted by Crippen LogP contribution is 2.48. The summed E-state index contributed by atoms with van der Waals surface area (Å²) in [6, 6.07) is 9.24. The molecule has 0 fully saturated rings. The Kier molecular flexibility index (Phi) is 8.63. The molecule has 1 aromatic rings. The number of ether oxygens (including phenoxy) is 1. The van der Waals surface area contributed by atoms with E-state index < -0.39 is 25.3 Å². The Morgan fingerprint density at radius 3 is 2.16 bits per heavy atom. The van der Waals surface area contributed by atoms with Crippen LogP contribution in [0.3, 0.4) is 0 Å². The molecule has 25 heavy (non-hydrogen) atoms. The summed E-state index contributed by atoms with van der Waals surface area (Å²) in [5.41, 5.74) is 0.411. The summed E-state index contributed by atoms with van der Waals surface area (Å²) in [5, 5.41) is 2.80. The Balaban J connectivity index is 2.89. The fourth-order valence-electron chi connectivity index (χ4n) is 2.34. The van der Waals surface area contributed by atoms with Gasteiger partial charge in [-0.1, -0.05) is 30.3 Å². The van der Waals surface area contributed by atoms with Crippen LogP contribution in [-0.2, 0) is 24.8 Å². The Morgan fingerprint density at radius 2 is 1.68 bits per heavy atom. The second kappa shape index (κ2) is 9.95. The van der Waals surface area contributed by atoms with Crippen molar-refractivity contribution < 1.29 is 23.1 Å². The molecule has 0 saturated carbocycles. The van der Waals surface area contributed by atoms with Gasteiger partial charge < -0.3 is 19.1 Å². The molecule has 7 heteroatoms. The van der Waals surface area contributed by atoms with Gasteiger partial charge in [-0.3, -0.25) is 4.57 Å². The normalized spacial score (nSPS) is 13.3. The molecule has 1 rings (SSSR count). The summed E-state index contributed by atoms with van der Waals surface area (Å²) in [5.74, 6) is 0. The van der Waals surface area contributed by atoms with E-state index in [4.69, 9.17) is 13.8 Å². The number of nitrogens with one attached hydrogen (secondary N) is 1. The molecule has 0 aliphatic carbocycles. The maximum Gasteiger partial charge on any atom is 0.407 e. The summed E-state index contributed by atoms with van der Waals surface area (Å²) in [7, 11) is -3.29. The quantitative estimate of drug-likeness (QED) is 0.652. The minimum Gasteiger partial charge on any atom is -0.444 e. The van der Waals surface area contributed by atoms with Crippen molar-refractivity contribution >= 4 is 13.7 Å². The van der Waals surface area contributed by atoms with Crippen molar-refractivity contribution in [1.82, 2.24) is 5.32 Å². The number of hydrogen-bond acceptors (Lipinski definition) is 5. The summed E-state index contributed by atoms with van der Waals surface area (Å²) in [4.78, 5) is 12.2. The predicted octanol–water partition coefficient (Wildman–Crippen LogP) is 4.39. The van der Waals surface area contributed by atoms with E-state index in [9.17, 15) is 9.36 Å². The van der Waals surface area contributed by atoms with Crippen LogP contribution in [0.4, 0.5) is 4.79 Å². The maximum atomic E-state index is 12.8. The third-order valence-corrected chi connectivity index (χ3v) is 5.33. The van der Waals surface area contributed by atoms with Crippen LogP contribution in [0.25, 0.3) is 0 Å². The van der Waals surface area contributed by atoms with Crippen LogP contribution in [0.15, 0.2) is 30.3 Å². The van der Waals surface area contributed by atoms with Gasteiger partial charge in [0.25, 0.3) is 0 Å². The average Bonchev–Trinajstić information content (AvgIpc) is 2.46. The van der Waals surface area contributed by atoms with Gasteiger partial charge >= 0.3 is 13.7 Å². The zero-order valence-electron chi connectivity index (χ0n) is 15.8. The lowest BCUT2D eigenvalue weighted by Gasteiger charge is -2.26. The fourth-order valence-corrected chi connectivity index (χ4v) is 4.17. The summed E-state index contributed by atoms with van der Waals surface area (Å²) in [6.07, 6.45) is 0.0421. The fraction of sp³-hybridized carbons (Fsp3) is 0.611. The molecule has 142 valence electrons. The average molecular weight is 371 g/mol. The highest BCUT2D eigenvalue weighted by atomic mass is 31.2. The van der Waals surface area contributed by atoms with Crippen LogP contribution in [0.1, 0.15) is 40.2 Å². The van der Waals surface area contributed by atoms with Crippen molar-refractivity contribution in [3.63, 3.8) is 0 Å². The number of alkyl carbamates (subject to hydrolysis) is 1. The van der Waals surface area contributed by atoms with E-state index in [0.29, 0.717) is 6.42 Å². The first-order chi connectivity index (χ1) is 11.7. The minimum atomic E-state index is -3.29. The lowest BCUT2D eigenvalue weighted by atomic mass is 10.1. The van der Waals surface area contributed by atoms with E-state index in [2.05, 4.69) is 5.32 Å². The maximum absolute atomic E-state index is 12.8. The molecule has 6 nitrogen and oxygen atoms in total. The second-order valence-electron chi connectivity index (χ2n) is 6.66. The van der Waals surface area contributed by atoms with Gasteiger partial charge in [-0.2, -0.15) is 0 Å². The van der Waals surface area contributed by atoms with Crippen LogP contribution in [-0.4, -0.2) is 37.1 Å². The topological polar surface area (TPSA) is 73.9 Å². The van der Waals surface area contributed by atoms with Crippen molar-refractivity contribution in [3.05, 3.63) is 35.9 Å². The number of benzene rings is 1. The molecule has 1 aromatic carbocycles. The Labute approximate surface area is 150 Å². The number of amides is 1. The molecule has 0 unspecified atom stereocenters. The lowest BCUT2D eigenvalue weighted by molar-refractivity contribution is 0.0508. The standard InChI is InChI=1S/C18H30NO5P/c1-6-22-25(21,23-7-2)14-16(13-15-11-9-8-10-12-15)19-17(20)24-18(3,4)5/h8-12,16H,6-7,13-14H2,1-5H3,(H,19,20)/t16-/m0/s1. The van der Waals surface area contributed by atoms with Gasteiger partial charge in [0.2, 0.25) is 0 Å². The van der Waals surface area contributed by atoms with Crippen LogP contribution < -0.4 is 5.32 Å². The Morgan fingerprint density at radius 1 is 1.12 bits per heavy atom. The second-order valence-corrected chi connectivity index (χ2v) is 8.77. The first kappa shape index (κ1) is 21.7. The van der Waals surface area contributed by atoms with Crippen LogP contribution in [0.2, 0.25) is 0 Å². The molecule has 0 radical (unpaired) electrons. The molecular weight excluding hydrogens is 341 g/mol. The van der Waals surface area contributed by atoms with Crippen molar-refractivity contribution in [2.24, 2.45) is 0 Å². The highest BCUT2D eigenvalue weighted by molar-refractivity contribution is 7.53. The first-order valence-corrected chi connectivity index (χ1v) is 10.3. The minimum absolute atomic E-state index is 0.0861. The Hall–Kier alpha value is -1.36. The molecule has 1 N–H and O–H groups in total. The molecule has 0 heterocycles. The molecule has 0 aromatic heterocycles. The molecule has 1 atom stereocenters. The molecule has 1 amide bonds. The molecule has 0 bridgehead atoms. The largest absolute Gasteiger partial charge is 0.444 e. The first-order valence-electron chi connectivity index (χ1n) is 8.59. The SMILES string of the molecule is CCOP(=O)(C[C@H](Cc1ccccc1)NC(=O)OC(C)(C)C)OCC. The zero-order valence-corrected chi connectivity index (χ0v) is 16.7. The van der Waals surface area contributed by atoms with Gasteiger partial charge in [0, 0.05) is 6.04 Å². The van der Waals surface area contributed by atoms with Gasteiger partial charge in [-0.05, 0) is 46.6 Å². The van der Waals surface area contributed by atoms with E-state index in [1.54, 1.807) is 34.6 Å². The molecule has 0 saturated heterocycles. The number of carbonyl (C=O) groups excluding carboxylic acids is 1. The van der Waals surface area contributed by atoms with E-state index >= 15 is 0 Å². The lowest BCUT2D eigenvalue weighted by Crippen LogP contribution is -2.42. The third kappa shape index (κ3) is 9.05. The van der Waals surface area contributed by atoms with Gasteiger partial charge in [-0.15, -0.1) is 0 Å². The predicted molar refractivity (Wildman–Crippen MR) is 99.0 cm³/mol. The van der Waals surface area contributed by atoms with Gasteiger partial charge in [0.15, 0.2) is 0 Å². The van der Waals surface area contributed by atoms with Crippen LogP contribution in [0, 0.1) is 0 Å². The van der Waals surface area contributed by atoms with Crippen LogP contribution >= 0.6 is 7.60 Å². The van der Waals surface area contributed by atoms with Gasteiger partial charge in [-0.25, -0.2) is 4.79 Å². The highest BCUT2D eigenvalue weighted by Gasteiger charge is 2.30. The number of carbonyl (C=O) groups is 1. The van der Waals surface area contributed by atoms with E-state index in [0.717, 1.165) is 5.56 Å². The third-order valence-electron chi connectivity index (χ3n) is 3.14. The van der Waals surface area contributed by atoms with Crippen molar-refractivity contribution in [3.8, 4) is 0 Å². The summed E-state index contributed by atoms with van der Waals surface area (Å²) >= 11 is 0. The van der Waals surface area contributed by atoms with Crippen LogP contribution in [0.5, 0.6) is 0 Å². The smallest absolute Gasteiger partial charge is 0.407 e. The number of rotatable bonds is 9. The zero-order chi connectivity index (χ0) is 18.9.